The third-order valence-electron chi connectivity index (χ3n) is 7.17. The maximum atomic E-state index is 6.60. The molecule has 7 nitrogen and oxygen atoms in total. The molecule has 6 atom stereocenters. The second kappa shape index (κ2) is 8.58. The van der Waals surface area contributed by atoms with Crippen LogP contribution in [-0.4, -0.2) is 61.3 Å². The summed E-state index contributed by atoms with van der Waals surface area (Å²) in [7, 11) is 0. The predicted octanol–water partition coefficient (Wildman–Crippen LogP) is 4.02. The van der Waals surface area contributed by atoms with Crippen LogP contribution in [0.2, 0.25) is 0 Å². The van der Waals surface area contributed by atoms with Crippen LogP contribution in [0.1, 0.15) is 85.0 Å². The van der Waals surface area contributed by atoms with Gasteiger partial charge in [-0.25, -0.2) is 0 Å². The third-order valence-corrected chi connectivity index (χ3v) is 7.17. The summed E-state index contributed by atoms with van der Waals surface area (Å²) in [6.07, 6.45) is 9.16. The fraction of sp³-hybridized carbons (Fsp3) is 1.00. The summed E-state index contributed by atoms with van der Waals surface area (Å²) in [5, 5.41) is 0. The SMILES string of the molecule is CC(C)OC(C)OC1O[C@H]([C@@H]2COC3(CCCCC3)O2)[C@@H]2OC3(CCCCC3)O[C@H]12. The second-order valence-electron chi connectivity index (χ2n) is 9.93. The fourth-order valence-corrected chi connectivity index (χ4v) is 5.86. The van der Waals surface area contributed by atoms with Gasteiger partial charge >= 0.3 is 0 Å². The Bertz CT molecular complexity index is 584. The molecule has 2 aliphatic carbocycles. The Balaban J connectivity index is 1.31. The maximum absolute atomic E-state index is 6.60. The van der Waals surface area contributed by atoms with E-state index in [2.05, 4.69) is 0 Å². The first-order valence-corrected chi connectivity index (χ1v) is 12.1. The van der Waals surface area contributed by atoms with Gasteiger partial charge in [-0.3, -0.25) is 0 Å². The number of hydrogen-bond donors (Lipinski definition) is 0. The van der Waals surface area contributed by atoms with Crippen molar-refractivity contribution >= 4 is 0 Å². The van der Waals surface area contributed by atoms with E-state index in [1.807, 2.05) is 20.8 Å². The van der Waals surface area contributed by atoms with Gasteiger partial charge in [0.2, 0.25) is 0 Å². The van der Waals surface area contributed by atoms with Gasteiger partial charge in [0.25, 0.3) is 0 Å². The van der Waals surface area contributed by atoms with Crippen molar-refractivity contribution in [3.8, 4) is 0 Å². The number of ether oxygens (including phenoxy) is 7. The first-order chi connectivity index (χ1) is 14.5. The van der Waals surface area contributed by atoms with E-state index in [0.717, 1.165) is 51.4 Å². The summed E-state index contributed by atoms with van der Waals surface area (Å²) in [6.45, 7) is 6.44. The molecule has 0 aromatic carbocycles. The van der Waals surface area contributed by atoms with E-state index in [-0.39, 0.29) is 36.8 Å². The first kappa shape index (κ1) is 21.6. The van der Waals surface area contributed by atoms with Crippen molar-refractivity contribution in [2.45, 2.75) is 140 Å². The van der Waals surface area contributed by atoms with Crippen LogP contribution in [0.3, 0.4) is 0 Å². The molecule has 5 fully saturated rings. The van der Waals surface area contributed by atoms with Crippen LogP contribution < -0.4 is 0 Å². The quantitative estimate of drug-likeness (QED) is 0.615. The largest absolute Gasteiger partial charge is 0.350 e. The average molecular weight is 427 g/mol. The molecular formula is C23H38O7. The van der Waals surface area contributed by atoms with Crippen LogP contribution in [0.15, 0.2) is 0 Å². The molecule has 5 rings (SSSR count). The summed E-state index contributed by atoms with van der Waals surface area (Å²) in [5.74, 6) is -0.932. The van der Waals surface area contributed by atoms with E-state index < -0.39 is 17.9 Å². The maximum Gasteiger partial charge on any atom is 0.190 e. The Kier molecular flexibility index (Phi) is 6.17. The van der Waals surface area contributed by atoms with Crippen molar-refractivity contribution in [2.24, 2.45) is 0 Å². The van der Waals surface area contributed by atoms with Crippen LogP contribution in [0.5, 0.6) is 0 Å². The molecule has 172 valence electrons. The van der Waals surface area contributed by atoms with E-state index in [1.165, 1.54) is 12.8 Å². The lowest BCUT2D eigenvalue weighted by Crippen LogP contribution is -2.43. The van der Waals surface area contributed by atoms with Gasteiger partial charge in [-0.2, -0.15) is 0 Å². The van der Waals surface area contributed by atoms with E-state index in [9.17, 15) is 0 Å². The van der Waals surface area contributed by atoms with Gasteiger partial charge in [-0.15, -0.1) is 0 Å². The molecule has 0 N–H and O–H groups in total. The molecule has 7 heteroatoms. The summed E-state index contributed by atoms with van der Waals surface area (Å²) in [4.78, 5) is 0. The standard InChI is InChI=1S/C23H38O7/c1-15(2)25-16(3)26-21-20-19(29-23(30-20)12-8-5-9-13-23)18(27-21)17-14-24-22(28-17)10-6-4-7-11-22/h15-21H,4-14H2,1-3H3/t16?,17-,18+,19-,20-,21?/m0/s1. The Hall–Kier alpha value is -0.280. The lowest BCUT2D eigenvalue weighted by atomic mass is 9.94. The average Bonchev–Trinajstić information content (AvgIpc) is 3.36. The van der Waals surface area contributed by atoms with E-state index >= 15 is 0 Å². The van der Waals surface area contributed by atoms with Crippen molar-refractivity contribution in [1.82, 2.24) is 0 Å². The third kappa shape index (κ3) is 4.19. The van der Waals surface area contributed by atoms with Gasteiger partial charge < -0.3 is 33.2 Å². The molecule has 2 saturated carbocycles. The molecule has 0 bridgehead atoms. The fourth-order valence-electron chi connectivity index (χ4n) is 5.86. The van der Waals surface area contributed by atoms with Crippen molar-refractivity contribution in [2.75, 3.05) is 6.61 Å². The Labute approximate surface area is 180 Å². The summed E-state index contributed by atoms with van der Waals surface area (Å²) < 4.78 is 44.2. The molecule has 2 spiro atoms. The zero-order valence-corrected chi connectivity index (χ0v) is 18.7. The van der Waals surface area contributed by atoms with Crippen LogP contribution in [0.4, 0.5) is 0 Å². The van der Waals surface area contributed by atoms with Gasteiger partial charge in [0.15, 0.2) is 24.2 Å². The Morgan fingerprint density at radius 1 is 0.733 bits per heavy atom. The minimum absolute atomic E-state index is 0.0798. The van der Waals surface area contributed by atoms with Crippen LogP contribution in [-0.2, 0) is 33.2 Å². The number of fused-ring (bicyclic) bond motifs is 1. The summed E-state index contributed by atoms with van der Waals surface area (Å²) in [6, 6.07) is 0. The van der Waals surface area contributed by atoms with Crippen LogP contribution in [0.25, 0.3) is 0 Å². The smallest absolute Gasteiger partial charge is 0.190 e. The molecule has 0 amide bonds. The highest BCUT2D eigenvalue weighted by molar-refractivity contribution is 5.02. The Morgan fingerprint density at radius 2 is 1.37 bits per heavy atom. The van der Waals surface area contributed by atoms with Gasteiger partial charge in [0.05, 0.1) is 12.7 Å². The highest BCUT2D eigenvalue weighted by atomic mass is 16.8. The zero-order valence-electron chi connectivity index (χ0n) is 18.7. The minimum atomic E-state index is -0.526. The zero-order chi connectivity index (χ0) is 20.8. The van der Waals surface area contributed by atoms with E-state index in [1.54, 1.807) is 0 Å². The van der Waals surface area contributed by atoms with Crippen LogP contribution in [0, 0.1) is 0 Å². The van der Waals surface area contributed by atoms with Crippen LogP contribution >= 0.6 is 0 Å². The molecule has 3 saturated heterocycles. The summed E-state index contributed by atoms with van der Waals surface area (Å²) in [5.41, 5.74) is 0. The van der Waals surface area contributed by atoms with E-state index in [0.29, 0.717) is 6.61 Å². The molecule has 2 unspecified atom stereocenters. The topological polar surface area (TPSA) is 64.6 Å². The monoisotopic (exact) mass is 426 g/mol. The summed E-state index contributed by atoms with van der Waals surface area (Å²) >= 11 is 0. The molecule has 0 radical (unpaired) electrons. The van der Waals surface area contributed by atoms with Crippen molar-refractivity contribution < 1.29 is 33.2 Å². The van der Waals surface area contributed by atoms with Gasteiger partial charge in [0, 0.05) is 25.7 Å². The lowest BCUT2D eigenvalue weighted by Gasteiger charge is -2.35. The molecule has 3 heterocycles. The molecule has 5 aliphatic rings. The van der Waals surface area contributed by atoms with Gasteiger partial charge in [-0.1, -0.05) is 12.8 Å². The van der Waals surface area contributed by atoms with E-state index in [4.69, 9.17) is 33.2 Å². The Morgan fingerprint density at radius 3 is 2.03 bits per heavy atom. The van der Waals surface area contributed by atoms with Crippen molar-refractivity contribution in [3.63, 3.8) is 0 Å². The molecular weight excluding hydrogens is 388 g/mol. The molecule has 30 heavy (non-hydrogen) atoms. The molecule has 0 aromatic rings. The minimum Gasteiger partial charge on any atom is -0.350 e. The predicted molar refractivity (Wildman–Crippen MR) is 108 cm³/mol. The second-order valence-corrected chi connectivity index (χ2v) is 9.93. The van der Waals surface area contributed by atoms with Crippen molar-refractivity contribution in [3.05, 3.63) is 0 Å². The van der Waals surface area contributed by atoms with Gasteiger partial charge in [-0.05, 0) is 46.5 Å². The first-order valence-electron chi connectivity index (χ1n) is 12.1. The molecule has 0 aromatic heterocycles. The lowest BCUT2D eigenvalue weighted by molar-refractivity contribution is -0.299. The molecule has 3 aliphatic heterocycles. The number of rotatable bonds is 5. The highest BCUT2D eigenvalue weighted by Gasteiger charge is 2.62. The highest BCUT2D eigenvalue weighted by Crippen LogP contribution is 2.49. The normalized spacial score (nSPS) is 41.0. The van der Waals surface area contributed by atoms with Gasteiger partial charge in [0.1, 0.15) is 24.4 Å². The number of hydrogen-bond acceptors (Lipinski definition) is 7. The van der Waals surface area contributed by atoms with Crippen molar-refractivity contribution in [1.29, 1.82) is 0 Å².